The fourth-order valence-corrected chi connectivity index (χ4v) is 1.20. The van der Waals surface area contributed by atoms with Gasteiger partial charge >= 0.3 is 0 Å². The van der Waals surface area contributed by atoms with E-state index < -0.39 is 0 Å². The lowest BCUT2D eigenvalue weighted by molar-refractivity contribution is 0.0883. The summed E-state index contributed by atoms with van der Waals surface area (Å²) in [6.45, 7) is 5.78. The molecule has 0 unspecified atom stereocenters. The molecule has 0 spiro atoms. The molecule has 0 saturated heterocycles. The predicted octanol–water partition coefficient (Wildman–Crippen LogP) is 1.94. The Kier molecular flexibility index (Phi) is 2.63. The lowest BCUT2D eigenvalue weighted by Gasteiger charge is -1.99. The second-order valence-corrected chi connectivity index (χ2v) is 2.98. The predicted molar refractivity (Wildman–Crippen MR) is 47.2 cm³/mol. The van der Waals surface area contributed by atoms with Crippen molar-refractivity contribution in [3.8, 4) is 0 Å². The van der Waals surface area contributed by atoms with Gasteiger partial charge in [-0.1, -0.05) is 6.92 Å². The van der Waals surface area contributed by atoms with Gasteiger partial charge in [0, 0.05) is 12.1 Å². The van der Waals surface area contributed by atoms with E-state index in [1.54, 1.807) is 0 Å². The zero-order valence-electron chi connectivity index (χ0n) is 7.79. The molecule has 1 heterocycles. The van der Waals surface area contributed by atoms with Crippen LogP contribution in [0.2, 0.25) is 0 Å². The van der Waals surface area contributed by atoms with E-state index in [1.807, 2.05) is 26.8 Å². The standard InChI is InChI=1S/C9H14N2O/c1-4-5-9(12)11-8(3)6-7(2)10-11/h6H,4-5H2,1-3H3. The number of aromatic nitrogens is 2. The third-order valence-electron chi connectivity index (χ3n) is 1.71. The van der Waals surface area contributed by atoms with E-state index in [9.17, 15) is 4.79 Å². The number of hydrogen-bond donors (Lipinski definition) is 0. The van der Waals surface area contributed by atoms with Gasteiger partial charge < -0.3 is 0 Å². The maximum atomic E-state index is 11.4. The van der Waals surface area contributed by atoms with E-state index in [-0.39, 0.29) is 5.91 Å². The van der Waals surface area contributed by atoms with E-state index in [0.29, 0.717) is 6.42 Å². The molecule has 1 aromatic rings. The van der Waals surface area contributed by atoms with Gasteiger partial charge in [-0.05, 0) is 26.3 Å². The van der Waals surface area contributed by atoms with Crippen LogP contribution in [0.1, 0.15) is 35.9 Å². The molecule has 66 valence electrons. The fraction of sp³-hybridized carbons (Fsp3) is 0.556. The van der Waals surface area contributed by atoms with Crippen molar-refractivity contribution < 1.29 is 4.79 Å². The Balaban J connectivity index is 2.87. The first-order chi connectivity index (χ1) is 5.65. The zero-order chi connectivity index (χ0) is 9.14. The fourth-order valence-electron chi connectivity index (χ4n) is 1.20. The van der Waals surface area contributed by atoms with Crippen molar-refractivity contribution in [2.24, 2.45) is 0 Å². The lowest BCUT2D eigenvalue weighted by Crippen LogP contribution is -2.13. The minimum atomic E-state index is 0.0862. The molecule has 1 rings (SSSR count). The zero-order valence-corrected chi connectivity index (χ0v) is 7.79. The molecule has 0 saturated carbocycles. The Labute approximate surface area is 72.4 Å². The number of carbonyl (C=O) groups excluding carboxylic acids is 1. The van der Waals surface area contributed by atoms with Crippen molar-refractivity contribution >= 4 is 5.91 Å². The number of carbonyl (C=O) groups is 1. The summed E-state index contributed by atoms with van der Waals surface area (Å²) in [7, 11) is 0. The van der Waals surface area contributed by atoms with Crippen LogP contribution < -0.4 is 0 Å². The minimum Gasteiger partial charge on any atom is -0.273 e. The van der Waals surface area contributed by atoms with Gasteiger partial charge in [-0.15, -0.1) is 0 Å². The molecule has 0 N–H and O–H groups in total. The molecule has 0 aliphatic heterocycles. The summed E-state index contributed by atoms with van der Waals surface area (Å²) in [6.07, 6.45) is 1.44. The normalized spacial score (nSPS) is 10.2. The number of nitrogens with zero attached hydrogens (tertiary/aromatic N) is 2. The first-order valence-electron chi connectivity index (χ1n) is 4.21. The van der Waals surface area contributed by atoms with E-state index in [2.05, 4.69) is 5.10 Å². The number of aryl methyl sites for hydroxylation is 2. The summed E-state index contributed by atoms with van der Waals surface area (Å²) in [5.74, 6) is 0.0862. The highest BCUT2D eigenvalue weighted by atomic mass is 16.2. The van der Waals surface area contributed by atoms with Crippen molar-refractivity contribution in [3.05, 3.63) is 17.5 Å². The highest BCUT2D eigenvalue weighted by Gasteiger charge is 2.07. The van der Waals surface area contributed by atoms with Crippen molar-refractivity contribution in [2.75, 3.05) is 0 Å². The highest BCUT2D eigenvalue weighted by molar-refractivity contribution is 5.78. The second kappa shape index (κ2) is 3.52. The van der Waals surface area contributed by atoms with Gasteiger partial charge in [0.1, 0.15) is 0 Å². The number of rotatable bonds is 2. The molecule has 0 atom stereocenters. The monoisotopic (exact) mass is 166 g/mol. The van der Waals surface area contributed by atoms with E-state index >= 15 is 0 Å². The second-order valence-electron chi connectivity index (χ2n) is 2.98. The Hall–Kier alpha value is -1.12. The third-order valence-corrected chi connectivity index (χ3v) is 1.71. The van der Waals surface area contributed by atoms with Gasteiger partial charge in [-0.3, -0.25) is 4.79 Å². The van der Waals surface area contributed by atoms with Gasteiger partial charge in [0.25, 0.3) is 0 Å². The Morgan fingerprint density at radius 1 is 1.58 bits per heavy atom. The van der Waals surface area contributed by atoms with Crippen molar-refractivity contribution in [1.82, 2.24) is 9.78 Å². The molecule has 0 radical (unpaired) electrons. The van der Waals surface area contributed by atoms with Gasteiger partial charge in [0.15, 0.2) is 0 Å². The first kappa shape index (κ1) is 8.97. The summed E-state index contributed by atoms with van der Waals surface area (Å²) in [4.78, 5) is 11.4. The molecule has 12 heavy (non-hydrogen) atoms. The molecule has 1 aromatic heterocycles. The highest BCUT2D eigenvalue weighted by Crippen LogP contribution is 2.03. The average molecular weight is 166 g/mol. The van der Waals surface area contributed by atoms with Gasteiger partial charge in [-0.2, -0.15) is 5.10 Å². The van der Waals surface area contributed by atoms with Crippen LogP contribution in [-0.4, -0.2) is 15.7 Å². The minimum absolute atomic E-state index is 0.0862. The molecule has 0 aliphatic rings. The Bertz CT molecular complexity index is 289. The Morgan fingerprint density at radius 3 is 2.67 bits per heavy atom. The van der Waals surface area contributed by atoms with Crippen LogP contribution in [0.25, 0.3) is 0 Å². The molecular weight excluding hydrogens is 152 g/mol. The average Bonchev–Trinajstić information content (AvgIpc) is 2.30. The molecule has 0 bridgehead atoms. The third kappa shape index (κ3) is 1.72. The van der Waals surface area contributed by atoms with Gasteiger partial charge in [0.2, 0.25) is 5.91 Å². The first-order valence-corrected chi connectivity index (χ1v) is 4.21. The number of hydrogen-bond acceptors (Lipinski definition) is 2. The molecule has 3 heteroatoms. The van der Waals surface area contributed by atoms with Crippen LogP contribution in [0.5, 0.6) is 0 Å². The molecule has 0 aliphatic carbocycles. The largest absolute Gasteiger partial charge is 0.273 e. The lowest BCUT2D eigenvalue weighted by atomic mass is 10.3. The van der Waals surface area contributed by atoms with Crippen LogP contribution in [0.3, 0.4) is 0 Å². The van der Waals surface area contributed by atoms with Crippen LogP contribution in [-0.2, 0) is 0 Å². The summed E-state index contributed by atoms with van der Waals surface area (Å²) >= 11 is 0. The summed E-state index contributed by atoms with van der Waals surface area (Å²) < 4.78 is 1.48. The summed E-state index contributed by atoms with van der Waals surface area (Å²) in [5, 5.41) is 4.10. The summed E-state index contributed by atoms with van der Waals surface area (Å²) in [6, 6.07) is 1.91. The van der Waals surface area contributed by atoms with Gasteiger partial charge in [-0.25, -0.2) is 4.68 Å². The van der Waals surface area contributed by atoms with Crippen molar-refractivity contribution in [2.45, 2.75) is 33.6 Å². The maximum Gasteiger partial charge on any atom is 0.247 e. The topological polar surface area (TPSA) is 34.9 Å². The van der Waals surface area contributed by atoms with Crippen LogP contribution in [0.4, 0.5) is 0 Å². The molecule has 0 fully saturated rings. The van der Waals surface area contributed by atoms with Crippen LogP contribution in [0.15, 0.2) is 6.07 Å². The molecular formula is C9H14N2O. The smallest absolute Gasteiger partial charge is 0.247 e. The van der Waals surface area contributed by atoms with E-state index in [1.165, 1.54) is 4.68 Å². The summed E-state index contributed by atoms with van der Waals surface area (Å²) in [5.41, 5.74) is 1.82. The quantitative estimate of drug-likeness (QED) is 0.673. The van der Waals surface area contributed by atoms with Gasteiger partial charge in [0.05, 0.1) is 5.69 Å². The molecule has 3 nitrogen and oxygen atoms in total. The van der Waals surface area contributed by atoms with Crippen molar-refractivity contribution in [3.63, 3.8) is 0 Å². The molecule has 0 amide bonds. The maximum absolute atomic E-state index is 11.4. The Morgan fingerprint density at radius 2 is 2.25 bits per heavy atom. The SMILES string of the molecule is CCCC(=O)n1nc(C)cc1C. The van der Waals surface area contributed by atoms with Crippen LogP contribution >= 0.6 is 0 Å². The van der Waals surface area contributed by atoms with E-state index in [0.717, 1.165) is 17.8 Å². The van der Waals surface area contributed by atoms with E-state index in [4.69, 9.17) is 0 Å². The van der Waals surface area contributed by atoms with Crippen molar-refractivity contribution in [1.29, 1.82) is 0 Å². The van der Waals surface area contributed by atoms with Crippen LogP contribution in [0, 0.1) is 13.8 Å². The molecule has 0 aromatic carbocycles.